The number of hydrogen-bond acceptors (Lipinski definition) is 9. The number of H-pyrrole nitrogens is 4. The van der Waals surface area contributed by atoms with Gasteiger partial charge in [0, 0.05) is 91.0 Å². The molecule has 0 atom stereocenters. The molecule has 13 aromatic rings. The van der Waals surface area contributed by atoms with Gasteiger partial charge in [-0.3, -0.25) is 9.97 Å². The van der Waals surface area contributed by atoms with Crippen molar-refractivity contribution in [1.29, 1.82) is 0 Å². The van der Waals surface area contributed by atoms with Gasteiger partial charge in [-0.25, -0.2) is 4.98 Å². The lowest BCUT2D eigenvalue weighted by Gasteiger charge is -2.11. The summed E-state index contributed by atoms with van der Waals surface area (Å²) in [5, 5.41) is 14.0. The smallest absolute Gasteiger partial charge is 0.200 e. The zero-order valence-electron chi connectivity index (χ0n) is 60.4. The number of nitrogens with two attached hydrogens (primary N) is 1. The molecule has 13 nitrogen and oxygen atoms in total. The lowest BCUT2D eigenvalue weighted by atomic mass is 9.98. The fourth-order valence-electron chi connectivity index (χ4n) is 12.5. The second-order valence-electron chi connectivity index (χ2n) is 28.0. The van der Waals surface area contributed by atoms with Crippen LogP contribution in [0.2, 0.25) is 0 Å². The maximum atomic E-state index is 5.55. The standard InChI is InChI=1S/C11H15N.C11H13N.C11H15N.C11H13N.C11H12O.C10H14N2.C10H12N2.C9H12N4/c2*1-8(2)9-3-4-11-10(7-9)5-6-12-11;2*1-8(2)10-5-3-4-9-6-7-12-11(9)10;1-8(2)9-3-4-11-10(7-9)5-6-12-11;2*1-7(2)8-3-5-11-9-4-6-12-10(8)9;1-5(2)6-3-4-11-8-7(6)12-9(10)13-8/h3-4,7-8,12H,5-6H2,1-2H3;3-8,12H,1-2H3;3-5,8,12H,6-7H2,1-2H3;3-8,12H,1-2H3;3-8H,1-2H3;3,5,7,12H,4,6H2,1-2H3;3-7,12H,1-2H3;3-5H,1-2H3,(H3,10,11,12,13). The summed E-state index contributed by atoms with van der Waals surface area (Å²) in [6, 6.07) is 47.1. The molecule has 3 aliphatic rings. The summed E-state index contributed by atoms with van der Waals surface area (Å²) in [4.78, 5) is 29.5. The number of nitrogens with one attached hydrogen (secondary N) is 7. The summed E-state index contributed by atoms with van der Waals surface area (Å²) in [6.07, 6.45) is 16.6. The Morgan fingerprint density at radius 1 is 0.402 bits per heavy atom. The Hall–Kier alpha value is -9.62. The maximum absolute atomic E-state index is 5.55. The highest BCUT2D eigenvalue weighted by atomic mass is 16.3. The van der Waals surface area contributed by atoms with Gasteiger partial charge in [0.15, 0.2) is 11.6 Å². The third kappa shape index (κ3) is 18.7. The number of aromatic nitrogens is 8. The molecule has 508 valence electrons. The normalized spacial score (nSPS) is 12.5. The first-order valence-corrected chi connectivity index (χ1v) is 35.2. The third-order valence-corrected chi connectivity index (χ3v) is 18.2. The zero-order chi connectivity index (χ0) is 69.3. The van der Waals surface area contributed by atoms with Gasteiger partial charge in [0.05, 0.1) is 34.2 Å². The predicted molar refractivity (Wildman–Crippen MR) is 414 cm³/mol. The Morgan fingerprint density at radius 3 is 1.66 bits per heavy atom. The number of nitrogens with zero attached hydrogens (tertiary/aromatic N) is 4. The van der Waals surface area contributed by atoms with Crippen molar-refractivity contribution in [2.24, 2.45) is 0 Å². The van der Waals surface area contributed by atoms with Gasteiger partial charge in [-0.15, -0.1) is 0 Å². The van der Waals surface area contributed by atoms with Crippen molar-refractivity contribution in [2.45, 2.75) is 177 Å². The van der Waals surface area contributed by atoms with E-state index in [1.54, 1.807) is 12.5 Å². The summed E-state index contributed by atoms with van der Waals surface area (Å²) in [5.41, 5.74) is 32.2. The summed E-state index contributed by atoms with van der Waals surface area (Å²) >= 11 is 0. The van der Waals surface area contributed by atoms with Crippen LogP contribution < -0.4 is 21.7 Å². The van der Waals surface area contributed by atoms with Crippen LogP contribution in [0.5, 0.6) is 0 Å². The average molecular weight is 1300 g/mol. The number of nitrogen functional groups attached to an aromatic ring is 1. The van der Waals surface area contributed by atoms with Crippen molar-refractivity contribution in [3.8, 4) is 0 Å². The predicted octanol–water partition coefficient (Wildman–Crippen LogP) is 22.2. The van der Waals surface area contributed by atoms with E-state index in [0.717, 1.165) is 42.7 Å². The molecule has 0 spiro atoms. The van der Waals surface area contributed by atoms with Crippen LogP contribution in [0.15, 0.2) is 181 Å². The van der Waals surface area contributed by atoms with Crippen LogP contribution in [-0.2, 0) is 19.3 Å². The van der Waals surface area contributed by atoms with Gasteiger partial charge >= 0.3 is 0 Å². The fourth-order valence-corrected chi connectivity index (χ4v) is 12.5. The molecule has 3 aliphatic heterocycles. The molecule has 0 fully saturated rings. The molecule has 9 N–H and O–H groups in total. The highest BCUT2D eigenvalue weighted by molar-refractivity contribution is 5.83. The highest BCUT2D eigenvalue weighted by Crippen LogP contribution is 2.33. The van der Waals surface area contributed by atoms with Crippen molar-refractivity contribution in [3.63, 3.8) is 0 Å². The minimum Gasteiger partial charge on any atom is -0.464 e. The van der Waals surface area contributed by atoms with E-state index in [1.807, 2.05) is 55.2 Å². The van der Waals surface area contributed by atoms with Gasteiger partial charge in [-0.05, 0) is 199 Å². The summed E-state index contributed by atoms with van der Waals surface area (Å²) in [7, 11) is 0. The summed E-state index contributed by atoms with van der Waals surface area (Å²) in [5.74, 6) is 5.09. The SMILES string of the molecule is CC(C)c1ccc2[nH]ccc2c1.CC(C)c1ccc2c(c1)CCN2.CC(C)c1ccc2occc2c1.CC(C)c1cccc2c1NCC2.CC(C)c1cccc2cc[nH]c12.CC(C)c1ccnc2c1NCC2.CC(C)c1ccnc2cc[nH]c12.CC(C)c1ccnc2nc(N)[nH]c12. The Bertz CT molecular complexity index is 4370. The van der Waals surface area contributed by atoms with E-state index in [1.165, 1.54) is 124 Å². The molecule has 8 aromatic heterocycles. The van der Waals surface area contributed by atoms with Gasteiger partial charge in [0.1, 0.15) is 5.58 Å². The lowest BCUT2D eigenvalue weighted by Crippen LogP contribution is -1.97. The van der Waals surface area contributed by atoms with E-state index in [9.17, 15) is 0 Å². The number of furan rings is 1. The van der Waals surface area contributed by atoms with Crippen LogP contribution in [-0.4, -0.2) is 59.5 Å². The van der Waals surface area contributed by atoms with Crippen molar-refractivity contribution in [2.75, 3.05) is 41.3 Å². The molecule has 16 rings (SSSR count). The number of pyridine rings is 3. The Kier molecular flexibility index (Phi) is 25.0. The molecular formula is C84H106N12O. The van der Waals surface area contributed by atoms with Crippen LogP contribution in [0.25, 0.3) is 55.0 Å². The van der Waals surface area contributed by atoms with E-state index in [4.69, 9.17) is 10.2 Å². The molecular weight excluding hydrogens is 1190 g/mol. The van der Waals surface area contributed by atoms with Gasteiger partial charge in [0.2, 0.25) is 0 Å². The van der Waals surface area contributed by atoms with E-state index >= 15 is 0 Å². The Balaban J connectivity index is 0.000000130. The number of rotatable bonds is 8. The van der Waals surface area contributed by atoms with Gasteiger partial charge in [0.25, 0.3) is 0 Å². The van der Waals surface area contributed by atoms with Crippen molar-refractivity contribution in [1.82, 2.24) is 39.9 Å². The molecule has 0 amide bonds. The number of imidazole rings is 1. The molecule has 97 heavy (non-hydrogen) atoms. The molecule has 0 radical (unpaired) electrons. The number of anilines is 4. The second kappa shape index (κ2) is 33.9. The van der Waals surface area contributed by atoms with Gasteiger partial charge in [-0.1, -0.05) is 171 Å². The molecule has 0 aliphatic carbocycles. The van der Waals surface area contributed by atoms with Crippen LogP contribution in [0.1, 0.15) is 219 Å². The zero-order valence-corrected chi connectivity index (χ0v) is 60.4. The van der Waals surface area contributed by atoms with E-state index in [0.29, 0.717) is 58.9 Å². The minimum absolute atomic E-state index is 0.426. The molecule has 0 unspecified atom stereocenters. The number of fused-ring (bicyclic) bond motifs is 8. The largest absolute Gasteiger partial charge is 0.464 e. The molecule has 0 saturated heterocycles. The van der Waals surface area contributed by atoms with E-state index in [-0.39, 0.29) is 0 Å². The van der Waals surface area contributed by atoms with E-state index < -0.39 is 0 Å². The fraction of sp³-hybridized carbons (Fsp3) is 0.357. The number of benzene rings is 5. The van der Waals surface area contributed by atoms with Crippen LogP contribution in [0.4, 0.5) is 23.0 Å². The second-order valence-corrected chi connectivity index (χ2v) is 28.0. The molecule has 13 heteroatoms. The topological polar surface area (TPSA) is 190 Å². The molecule has 0 bridgehead atoms. The Morgan fingerprint density at radius 2 is 0.938 bits per heavy atom. The Labute approximate surface area is 576 Å². The monoisotopic (exact) mass is 1300 g/mol. The van der Waals surface area contributed by atoms with Gasteiger partial charge in [-0.2, -0.15) is 4.98 Å². The first kappa shape index (κ1) is 71.7. The number of aromatic amines is 4. The maximum Gasteiger partial charge on any atom is 0.200 e. The summed E-state index contributed by atoms with van der Waals surface area (Å²) in [6.45, 7) is 38.6. The first-order valence-electron chi connectivity index (χ1n) is 35.2. The number of para-hydroxylation sites is 2. The lowest BCUT2D eigenvalue weighted by molar-refractivity contribution is 0.615. The van der Waals surface area contributed by atoms with Crippen molar-refractivity contribution in [3.05, 3.63) is 238 Å². The third-order valence-electron chi connectivity index (χ3n) is 18.2. The van der Waals surface area contributed by atoms with Crippen molar-refractivity contribution >= 4 is 78.0 Å². The van der Waals surface area contributed by atoms with E-state index in [2.05, 4.69) is 276 Å². The van der Waals surface area contributed by atoms with Crippen LogP contribution in [0.3, 0.4) is 0 Å². The first-order chi connectivity index (χ1) is 46.6. The quantitative estimate of drug-likeness (QED) is 0.0732. The minimum atomic E-state index is 0.426. The van der Waals surface area contributed by atoms with Gasteiger partial charge < -0.3 is 46.0 Å². The van der Waals surface area contributed by atoms with Crippen LogP contribution in [0, 0.1) is 0 Å². The molecule has 5 aromatic carbocycles. The van der Waals surface area contributed by atoms with Crippen LogP contribution >= 0.6 is 0 Å². The summed E-state index contributed by atoms with van der Waals surface area (Å²) < 4.78 is 5.25. The molecule has 11 heterocycles. The highest BCUT2D eigenvalue weighted by Gasteiger charge is 2.18. The van der Waals surface area contributed by atoms with Crippen molar-refractivity contribution < 1.29 is 4.42 Å². The number of hydrogen-bond donors (Lipinski definition) is 8. The molecule has 0 saturated carbocycles. The average Bonchev–Trinajstić information content (AvgIpc) is 1.99.